The van der Waals surface area contributed by atoms with Crippen molar-refractivity contribution in [1.82, 2.24) is 10.6 Å². The first-order valence-corrected chi connectivity index (χ1v) is 7.53. The lowest BCUT2D eigenvalue weighted by atomic mass is 9.93. The normalized spacial score (nSPS) is 17.6. The van der Waals surface area contributed by atoms with Gasteiger partial charge in [-0.25, -0.2) is 9.59 Å². The molecule has 1 aliphatic heterocycles. The van der Waals surface area contributed by atoms with E-state index in [2.05, 4.69) is 26.6 Å². The average Bonchev–Trinajstić information content (AvgIpc) is 2.53. The largest absolute Gasteiger partial charge is 0.496 e. The molecule has 1 aromatic carbocycles. The monoisotopic (exact) mass is 368 g/mol. The molecule has 2 N–H and O–H groups in total. The van der Waals surface area contributed by atoms with Crippen LogP contribution in [0.25, 0.3) is 0 Å². The molecule has 7 heteroatoms. The Labute approximate surface area is 137 Å². The van der Waals surface area contributed by atoms with Gasteiger partial charge in [0, 0.05) is 15.7 Å². The van der Waals surface area contributed by atoms with Crippen LogP contribution < -0.4 is 15.4 Å². The maximum atomic E-state index is 12.2. The first kappa shape index (κ1) is 16.4. The highest BCUT2D eigenvalue weighted by atomic mass is 79.9. The number of esters is 1. The molecule has 0 aromatic heterocycles. The Morgan fingerprint density at radius 2 is 2.09 bits per heavy atom. The molecule has 1 aliphatic rings. The maximum absolute atomic E-state index is 12.2. The van der Waals surface area contributed by atoms with E-state index in [0.717, 1.165) is 4.47 Å². The van der Waals surface area contributed by atoms with Crippen LogP contribution in [0.4, 0.5) is 4.79 Å². The van der Waals surface area contributed by atoms with Gasteiger partial charge in [-0.15, -0.1) is 0 Å². The van der Waals surface area contributed by atoms with Gasteiger partial charge >= 0.3 is 12.0 Å². The van der Waals surface area contributed by atoms with E-state index in [9.17, 15) is 9.59 Å². The molecule has 0 radical (unpaired) electrons. The predicted octanol–water partition coefficient (Wildman–Crippen LogP) is 2.65. The van der Waals surface area contributed by atoms with Gasteiger partial charge in [-0.2, -0.15) is 0 Å². The lowest BCUT2D eigenvalue weighted by Crippen LogP contribution is -2.45. The van der Waals surface area contributed by atoms with Gasteiger partial charge in [0.15, 0.2) is 0 Å². The highest BCUT2D eigenvalue weighted by Gasteiger charge is 2.34. The zero-order valence-corrected chi connectivity index (χ0v) is 14.1. The smallest absolute Gasteiger partial charge is 0.337 e. The zero-order valence-electron chi connectivity index (χ0n) is 12.5. The third-order valence-corrected chi connectivity index (χ3v) is 3.91. The van der Waals surface area contributed by atoms with E-state index < -0.39 is 12.0 Å². The Hall–Kier alpha value is -2.02. The molecule has 1 atom stereocenters. The highest BCUT2D eigenvalue weighted by Crippen LogP contribution is 2.35. The summed E-state index contributed by atoms with van der Waals surface area (Å²) in [5.41, 5.74) is 1.60. The summed E-state index contributed by atoms with van der Waals surface area (Å²) in [7, 11) is 2.85. The molecule has 2 amide bonds. The molecule has 0 saturated carbocycles. The minimum atomic E-state index is -0.636. The van der Waals surface area contributed by atoms with Gasteiger partial charge in [-0.3, -0.25) is 0 Å². The lowest BCUT2D eigenvalue weighted by Gasteiger charge is -2.29. The van der Waals surface area contributed by atoms with Crippen molar-refractivity contribution in [3.8, 4) is 5.75 Å². The van der Waals surface area contributed by atoms with Crippen LogP contribution in [0.15, 0.2) is 33.9 Å². The number of halogens is 1. The van der Waals surface area contributed by atoms with E-state index in [1.807, 2.05) is 19.1 Å². The summed E-state index contributed by atoms with van der Waals surface area (Å²) < 4.78 is 11.0. The highest BCUT2D eigenvalue weighted by molar-refractivity contribution is 9.10. The molecule has 2 rings (SSSR count). The van der Waals surface area contributed by atoms with Gasteiger partial charge in [0.25, 0.3) is 0 Å². The van der Waals surface area contributed by atoms with Crippen molar-refractivity contribution in [2.45, 2.75) is 19.4 Å². The second kappa shape index (κ2) is 6.83. The van der Waals surface area contributed by atoms with E-state index in [-0.39, 0.29) is 6.03 Å². The Kier molecular flexibility index (Phi) is 5.07. The molecule has 0 aliphatic carbocycles. The molecule has 6 nitrogen and oxygen atoms in total. The van der Waals surface area contributed by atoms with Crippen molar-refractivity contribution in [1.29, 1.82) is 0 Å². The number of carbonyl (C=O) groups excluding carboxylic acids is 2. The van der Waals surface area contributed by atoms with Crippen LogP contribution in [0.3, 0.4) is 0 Å². The summed E-state index contributed by atoms with van der Waals surface area (Å²) >= 11 is 3.40. The summed E-state index contributed by atoms with van der Waals surface area (Å²) in [6, 6.07) is 4.41. The minimum Gasteiger partial charge on any atom is -0.496 e. The topological polar surface area (TPSA) is 76.7 Å². The van der Waals surface area contributed by atoms with Crippen LogP contribution in [0.1, 0.15) is 24.9 Å². The van der Waals surface area contributed by atoms with Crippen molar-refractivity contribution < 1.29 is 19.1 Å². The van der Waals surface area contributed by atoms with Crippen LogP contribution in [0.2, 0.25) is 0 Å². The second-order valence-electron chi connectivity index (χ2n) is 4.66. The molecule has 0 saturated heterocycles. The standard InChI is InChI=1S/C15H17BrN2O4/c1-4-10-12(14(19)22-3)13(18-15(20)17-10)9-7-8(16)5-6-11(9)21-2/h5-7,13H,4H2,1-3H3,(H2,17,18,20). The number of amides is 2. The first-order valence-electron chi connectivity index (χ1n) is 6.74. The van der Waals surface area contributed by atoms with E-state index in [4.69, 9.17) is 9.47 Å². The Bertz CT molecular complexity index is 642. The number of nitrogens with one attached hydrogen (secondary N) is 2. The van der Waals surface area contributed by atoms with E-state index >= 15 is 0 Å². The third-order valence-electron chi connectivity index (χ3n) is 3.42. The van der Waals surface area contributed by atoms with Gasteiger partial charge in [0.2, 0.25) is 0 Å². The van der Waals surface area contributed by atoms with Crippen LogP contribution in [0, 0.1) is 0 Å². The summed E-state index contributed by atoms with van der Waals surface area (Å²) in [5.74, 6) is 0.0867. The van der Waals surface area contributed by atoms with E-state index in [1.165, 1.54) is 14.2 Å². The maximum Gasteiger partial charge on any atom is 0.337 e. The number of ether oxygens (including phenoxy) is 2. The molecule has 118 valence electrons. The number of allylic oxidation sites excluding steroid dienone is 1. The van der Waals surface area contributed by atoms with Crippen molar-refractivity contribution in [3.63, 3.8) is 0 Å². The van der Waals surface area contributed by atoms with Gasteiger partial charge in [-0.05, 0) is 24.6 Å². The molecular weight excluding hydrogens is 352 g/mol. The SMILES string of the molecule is CCC1=C(C(=O)OC)C(c2cc(Br)ccc2OC)NC(=O)N1. The molecule has 0 bridgehead atoms. The quantitative estimate of drug-likeness (QED) is 0.800. The van der Waals surface area contributed by atoms with Crippen molar-refractivity contribution >= 4 is 27.9 Å². The Morgan fingerprint density at radius 1 is 1.36 bits per heavy atom. The summed E-state index contributed by atoms with van der Waals surface area (Å²) in [6.07, 6.45) is 0.505. The number of methoxy groups -OCH3 is 2. The first-order chi connectivity index (χ1) is 10.5. The Morgan fingerprint density at radius 3 is 2.68 bits per heavy atom. The summed E-state index contributed by atoms with van der Waals surface area (Å²) in [5, 5.41) is 5.41. The number of benzene rings is 1. The number of carbonyl (C=O) groups is 2. The molecule has 1 unspecified atom stereocenters. The number of hydrogen-bond donors (Lipinski definition) is 2. The third kappa shape index (κ3) is 3.09. The molecule has 1 heterocycles. The van der Waals surface area contributed by atoms with E-state index in [1.54, 1.807) is 6.07 Å². The lowest BCUT2D eigenvalue weighted by molar-refractivity contribution is -0.136. The fourth-order valence-electron chi connectivity index (χ4n) is 2.41. The second-order valence-corrected chi connectivity index (χ2v) is 5.57. The fraction of sp³-hybridized carbons (Fsp3) is 0.333. The molecule has 22 heavy (non-hydrogen) atoms. The molecular formula is C15H17BrN2O4. The number of hydrogen-bond acceptors (Lipinski definition) is 4. The van der Waals surface area contributed by atoms with Crippen LogP contribution in [0.5, 0.6) is 5.75 Å². The van der Waals surface area contributed by atoms with Gasteiger partial charge in [-0.1, -0.05) is 22.9 Å². The van der Waals surface area contributed by atoms with Crippen LogP contribution >= 0.6 is 15.9 Å². The fourth-order valence-corrected chi connectivity index (χ4v) is 2.79. The number of rotatable bonds is 4. The molecule has 0 fully saturated rings. The van der Waals surface area contributed by atoms with Gasteiger partial charge in [0.05, 0.1) is 25.8 Å². The predicted molar refractivity (Wildman–Crippen MR) is 84.4 cm³/mol. The van der Waals surface area contributed by atoms with Gasteiger partial charge < -0.3 is 20.1 Å². The van der Waals surface area contributed by atoms with Crippen LogP contribution in [-0.2, 0) is 9.53 Å². The van der Waals surface area contributed by atoms with Crippen molar-refractivity contribution in [2.24, 2.45) is 0 Å². The summed E-state index contributed by atoms with van der Waals surface area (Å²) in [6.45, 7) is 1.86. The Balaban J connectivity index is 2.62. The average molecular weight is 369 g/mol. The molecule has 0 spiro atoms. The minimum absolute atomic E-state index is 0.364. The van der Waals surface area contributed by atoms with Gasteiger partial charge in [0.1, 0.15) is 5.75 Å². The van der Waals surface area contributed by atoms with Crippen LogP contribution in [-0.4, -0.2) is 26.2 Å². The van der Waals surface area contributed by atoms with Crippen molar-refractivity contribution in [3.05, 3.63) is 39.5 Å². The number of urea groups is 1. The zero-order chi connectivity index (χ0) is 16.3. The summed E-state index contributed by atoms with van der Waals surface area (Å²) in [4.78, 5) is 24.1. The van der Waals surface area contributed by atoms with Crippen molar-refractivity contribution in [2.75, 3.05) is 14.2 Å². The molecule has 1 aromatic rings. The van der Waals surface area contributed by atoms with E-state index in [0.29, 0.717) is 29.0 Å².